The Morgan fingerprint density at radius 3 is 3.00 bits per heavy atom. The molecular weight excluding hydrogens is 288 g/mol. The van der Waals surface area contributed by atoms with Crippen LogP contribution in [0.25, 0.3) is 0 Å². The van der Waals surface area contributed by atoms with Gasteiger partial charge in [-0.25, -0.2) is 0 Å². The summed E-state index contributed by atoms with van der Waals surface area (Å²) in [5, 5.41) is 10.8. The summed E-state index contributed by atoms with van der Waals surface area (Å²) in [6.07, 6.45) is 1.54. The number of halogens is 1. The highest BCUT2D eigenvalue weighted by Crippen LogP contribution is 2.34. The second-order valence-corrected chi connectivity index (χ2v) is 6.82. The van der Waals surface area contributed by atoms with Crippen molar-refractivity contribution in [1.82, 2.24) is 9.80 Å². The van der Waals surface area contributed by atoms with Gasteiger partial charge >= 0.3 is 0 Å². The second-order valence-electron chi connectivity index (χ2n) is 6.39. The predicted octanol–water partition coefficient (Wildman–Crippen LogP) is 1.77. The number of hydrogen-bond acceptors (Lipinski definition) is 4. The quantitative estimate of drug-likeness (QED) is 0.919. The van der Waals surface area contributed by atoms with Gasteiger partial charge in [0, 0.05) is 42.7 Å². The molecule has 5 heteroatoms. The third-order valence-electron chi connectivity index (χ3n) is 4.28. The largest absolute Gasteiger partial charge is 0.493 e. The smallest absolute Gasteiger partial charge is 0.127 e. The van der Waals surface area contributed by atoms with Crippen molar-refractivity contribution in [2.75, 3.05) is 33.8 Å². The molecule has 0 aliphatic carbocycles. The van der Waals surface area contributed by atoms with Gasteiger partial charge in [0.15, 0.2) is 0 Å². The van der Waals surface area contributed by atoms with E-state index in [0.717, 1.165) is 55.4 Å². The molecule has 0 amide bonds. The molecule has 3 rings (SSSR count). The average molecular weight is 311 g/mol. The summed E-state index contributed by atoms with van der Waals surface area (Å²) in [7, 11) is 4.14. The van der Waals surface area contributed by atoms with Crippen molar-refractivity contribution in [1.29, 1.82) is 0 Å². The molecule has 0 bridgehead atoms. The molecular formula is C16H23ClN2O2. The Balaban J connectivity index is 1.79. The fourth-order valence-electron chi connectivity index (χ4n) is 3.44. The van der Waals surface area contributed by atoms with Crippen LogP contribution in [0.1, 0.15) is 17.5 Å². The Morgan fingerprint density at radius 1 is 1.43 bits per heavy atom. The molecule has 1 aromatic carbocycles. The van der Waals surface area contributed by atoms with Crippen LogP contribution in [0.4, 0.5) is 0 Å². The SMILES string of the molecule is CN(C)CC1CC(O)CN1Cc1cc(Cl)cc2c1OCC2. The third kappa shape index (κ3) is 3.34. The Bertz CT molecular complexity index is 521. The molecule has 1 N–H and O–H groups in total. The molecule has 2 aliphatic rings. The summed E-state index contributed by atoms with van der Waals surface area (Å²) in [6, 6.07) is 4.39. The van der Waals surface area contributed by atoms with Gasteiger partial charge in [0.1, 0.15) is 5.75 Å². The third-order valence-corrected chi connectivity index (χ3v) is 4.50. The number of benzene rings is 1. The van der Waals surface area contributed by atoms with Crippen LogP contribution in [0.5, 0.6) is 5.75 Å². The van der Waals surface area contributed by atoms with Gasteiger partial charge in [0.2, 0.25) is 0 Å². The minimum Gasteiger partial charge on any atom is -0.493 e. The van der Waals surface area contributed by atoms with Crippen LogP contribution < -0.4 is 4.74 Å². The first-order valence-corrected chi connectivity index (χ1v) is 7.91. The van der Waals surface area contributed by atoms with Gasteiger partial charge in [-0.05, 0) is 38.2 Å². The Kier molecular flexibility index (Phi) is 4.41. The van der Waals surface area contributed by atoms with E-state index in [1.165, 1.54) is 5.56 Å². The predicted molar refractivity (Wildman–Crippen MR) is 84.0 cm³/mol. The van der Waals surface area contributed by atoms with Gasteiger partial charge in [-0.2, -0.15) is 0 Å². The van der Waals surface area contributed by atoms with Crippen LogP contribution in [-0.4, -0.2) is 60.8 Å². The van der Waals surface area contributed by atoms with E-state index in [4.69, 9.17) is 16.3 Å². The highest BCUT2D eigenvalue weighted by Gasteiger charge is 2.32. The normalized spacial score (nSPS) is 25.4. The van der Waals surface area contributed by atoms with Crippen molar-refractivity contribution < 1.29 is 9.84 Å². The Morgan fingerprint density at radius 2 is 2.24 bits per heavy atom. The van der Waals surface area contributed by atoms with E-state index in [0.29, 0.717) is 6.04 Å². The van der Waals surface area contributed by atoms with Crippen LogP contribution in [0.2, 0.25) is 5.02 Å². The number of nitrogens with zero attached hydrogens (tertiary/aromatic N) is 2. The highest BCUT2D eigenvalue weighted by atomic mass is 35.5. The minimum absolute atomic E-state index is 0.233. The summed E-state index contributed by atoms with van der Waals surface area (Å²) in [5.41, 5.74) is 2.36. The lowest BCUT2D eigenvalue weighted by molar-refractivity contribution is 0.168. The van der Waals surface area contributed by atoms with Crippen molar-refractivity contribution in [2.45, 2.75) is 31.5 Å². The first kappa shape index (κ1) is 15.1. The molecule has 2 aliphatic heterocycles. The standard InChI is InChI=1S/C16H23ClN2O2/c1-18(2)9-14-7-15(20)10-19(14)8-12-6-13(17)5-11-3-4-21-16(11)12/h5-6,14-15,20H,3-4,7-10H2,1-2H3. The lowest BCUT2D eigenvalue weighted by Gasteiger charge is -2.27. The van der Waals surface area contributed by atoms with Crippen molar-refractivity contribution in [3.8, 4) is 5.75 Å². The maximum absolute atomic E-state index is 9.99. The maximum atomic E-state index is 9.99. The second kappa shape index (κ2) is 6.13. The lowest BCUT2D eigenvalue weighted by Crippen LogP contribution is -2.37. The van der Waals surface area contributed by atoms with Gasteiger partial charge < -0.3 is 14.7 Å². The van der Waals surface area contributed by atoms with Crippen LogP contribution in [0, 0.1) is 0 Å². The van der Waals surface area contributed by atoms with Gasteiger partial charge in [-0.1, -0.05) is 11.6 Å². The first-order valence-electron chi connectivity index (χ1n) is 7.54. The number of hydrogen-bond donors (Lipinski definition) is 1. The van der Waals surface area contributed by atoms with E-state index in [1.807, 2.05) is 12.1 Å². The molecule has 0 aromatic heterocycles. The minimum atomic E-state index is -0.233. The van der Waals surface area contributed by atoms with Crippen LogP contribution in [0.3, 0.4) is 0 Å². The monoisotopic (exact) mass is 310 g/mol. The zero-order valence-electron chi connectivity index (χ0n) is 12.7. The molecule has 4 nitrogen and oxygen atoms in total. The molecule has 1 aromatic rings. The van der Waals surface area contributed by atoms with Crippen molar-refractivity contribution in [3.63, 3.8) is 0 Å². The summed E-state index contributed by atoms with van der Waals surface area (Å²) in [5.74, 6) is 1.00. The molecule has 21 heavy (non-hydrogen) atoms. The molecule has 2 atom stereocenters. The van der Waals surface area contributed by atoms with E-state index in [1.54, 1.807) is 0 Å². The fraction of sp³-hybridized carbons (Fsp3) is 0.625. The molecule has 0 saturated carbocycles. The first-order chi connectivity index (χ1) is 10.0. The van der Waals surface area contributed by atoms with Gasteiger partial charge in [-0.3, -0.25) is 4.90 Å². The number of fused-ring (bicyclic) bond motifs is 1. The van der Waals surface area contributed by atoms with E-state index in [2.05, 4.69) is 23.9 Å². The number of β-amino-alcohol motifs (C(OH)–C–C–N with tert-alkyl or cyclic N) is 1. The summed E-state index contributed by atoms with van der Waals surface area (Å²) in [6.45, 7) is 3.21. The summed E-state index contributed by atoms with van der Waals surface area (Å²) in [4.78, 5) is 4.52. The van der Waals surface area contributed by atoms with Crippen molar-refractivity contribution >= 4 is 11.6 Å². The number of likely N-dealkylation sites (tertiary alicyclic amines) is 1. The topological polar surface area (TPSA) is 35.9 Å². The van der Waals surface area contributed by atoms with Crippen LogP contribution in [-0.2, 0) is 13.0 Å². The van der Waals surface area contributed by atoms with Crippen LogP contribution in [0.15, 0.2) is 12.1 Å². The van der Waals surface area contributed by atoms with Gasteiger partial charge in [0.25, 0.3) is 0 Å². The van der Waals surface area contributed by atoms with E-state index >= 15 is 0 Å². The molecule has 116 valence electrons. The van der Waals surface area contributed by atoms with E-state index in [-0.39, 0.29) is 6.10 Å². The van der Waals surface area contributed by atoms with Crippen LogP contribution >= 0.6 is 11.6 Å². The van der Waals surface area contributed by atoms with Gasteiger partial charge in [-0.15, -0.1) is 0 Å². The number of aliphatic hydroxyl groups is 1. The summed E-state index contributed by atoms with van der Waals surface area (Å²) >= 11 is 6.23. The molecule has 0 spiro atoms. The average Bonchev–Trinajstić information content (AvgIpc) is 2.96. The molecule has 2 unspecified atom stereocenters. The Hall–Kier alpha value is -0.810. The molecule has 1 saturated heterocycles. The number of ether oxygens (including phenoxy) is 1. The molecule has 1 fully saturated rings. The summed E-state index contributed by atoms with van der Waals surface area (Å²) < 4.78 is 5.78. The highest BCUT2D eigenvalue weighted by molar-refractivity contribution is 6.30. The Labute approximate surface area is 131 Å². The fourth-order valence-corrected chi connectivity index (χ4v) is 3.71. The van der Waals surface area contributed by atoms with E-state index < -0.39 is 0 Å². The number of aliphatic hydroxyl groups excluding tert-OH is 1. The maximum Gasteiger partial charge on any atom is 0.127 e. The van der Waals surface area contributed by atoms with E-state index in [9.17, 15) is 5.11 Å². The molecule has 0 radical (unpaired) electrons. The van der Waals surface area contributed by atoms with Gasteiger partial charge in [0.05, 0.1) is 12.7 Å². The zero-order chi connectivity index (χ0) is 15.0. The lowest BCUT2D eigenvalue weighted by atomic mass is 10.1. The van der Waals surface area contributed by atoms with Crippen molar-refractivity contribution in [2.24, 2.45) is 0 Å². The zero-order valence-corrected chi connectivity index (χ0v) is 13.4. The van der Waals surface area contributed by atoms with Crippen molar-refractivity contribution in [3.05, 3.63) is 28.3 Å². The number of likely N-dealkylation sites (N-methyl/N-ethyl adjacent to an activating group) is 1. The number of rotatable bonds is 4. The molecule has 2 heterocycles.